The van der Waals surface area contributed by atoms with Crippen molar-refractivity contribution in [2.75, 3.05) is 25.1 Å². The highest BCUT2D eigenvalue weighted by Gasteiger charge is 2.16. The first-order chi connectivity index (χ1) is 12.6. The predicted molar refractivity (Wildman–Crippen MR) is 101 cm³/mol. The summed E-state index contributed by atoms with van der Waals surface area (Å²) >= 11 is 11.8. The number of halogens is 2. The zero-order valence-electron chi connectivity index (χ0n) is 14.0. The summed E-state index contributed by atoms with van der Waals surface area (Å²) < 4.78 is 16.7. The summed E-state index contributed by atoms with van der Waals surface area (Å²) in [5.74, 6) is 0.784. The van der Waals surface area contributed by atoms with E-state index < -0.39 is 0 Å². The fraction of sp³-hybridized carbons (Fsp3) is 0.316. The van der Waals surface area contributed by atoms with E-state index in [1.807, 2.05) is 12.1 Å². The van der Waals surface area contributed by atoms with E-state index in [1.165, 1.54) is 0 Å². The number of nitrogens with one attached hydrogen (secondary N) is 1. The Kier molecular flexibility index (Phi) is 6.61. The van der Waals surface area contributed by atoms with Gasteiger partial charge in [-0.2, -0.15) is 0 Å². The molecule has 1 amide bonds. The molecule has 1 N–H and O–H groups in total. The number of hydrogen-bond acceptors (Lipinski definition) is 4. The van der Waals surface area contributed by atoms with E-state index in [2.05, 4.69) is 5.32 Å². The van der Waals surface area contributed by atoms with Gasteiger partial charge in [-0.1, -0.05) is 29.3 Å². The summed E-state index contributed by atoms with van der Waals surface area (Å²) in [6.45, 7) is 1.14. The summed E-state index contributed by atoms with van der Waals surface area (Å²) in [5.41, 5.74) is 0.630. The molecule has 1 unspecified atom stereocenters. The van der Waals surface area contributed by atoms with Gasteiger partial charge in [-0.3, -0.25) is 4.79 Å². The van der Waals surface area contributed by atoms with E-state index in [-0.39, 0.29) is 18.6 Å². The Hall–Kier alpha value is -1.95. The highest BCUT2D eigenvalue weighted by molar-refractivity contribution is 6.35. The Morgan fingerprint density at radius 3 is 2.85 bits per heavy atom. The van der Waals surface area contributed by atoms with Crippen molar-refractivity contribution in [1.82, 2.24) is 0 Å². The first kappa shape index (κ1) is 18.8. The number of amides is 1. The van der Waals surface area contributed by atoms with E-state index in [1.54, 1.807) is 30.3 Å². The maximum Gasteiger partial charge on any atom is 0.262 e. The van der Waals surface area contributed by atoms with Crippen LogP contribution in [0.5, 0.6) is 11.5 Å². The fourth-order valence-corrected chi connectivity index (χ4v) is 3.02. The monoisotopic (exact) mass is 395 g/mol. The van der Waals surface area contributed by atoms with Gasteiger partial charge >= 0.3 is 0 Å². The van der Waals surface area contributed by atoms with Crippen LogP contribution in [0.4, 0.5) is 5.69 Å². The minimum atomic E-state index is -0.299. The third-order valence-corrected chi connectivity index (χ3v) is 4.36. The molecule has 3 rings (SSSR count). The molecule has 1 saturated heterocycles. The van der Waals surface area contributed by atoms with E-state index in [0.717, 1.165) is 19.4 Å². The van der Waals surface area contributed by atoms with Crippen molar-refractivity contribution in [3.05, 3.63) is 52.5 Å². The third kappa shape index (κ3) is 5.53. The van der Waals surface area contributed by atoms with Crippen LogP contribution >= 0.6 is 23.2 Å². The maximum absolute atomic E-state index is 12.1. The zero-order valence-corrected chi connectivity index (χ0v) is 15.6. The van der Waals surface area contributed by atoms with Crippen LogP contribution in [0.2, 0.25) is 10.0 Å². The largest absolute Gasteiger partial charge is 0.491 e. The second kappa shape index (κ2) is 9.12. The van der Waals surface area contributed by atoms with Crippen molar-refractivity contribution in [2.45, 2.75) is 18.9 Å². The Bertz CT molecular complexity index is 763. The zero-order chi connectivity index (χ0) is 18.4. The van der Waals surface area contributed by atoms with Gasteiger partial charge in [0.15, 0.2) is 6.61 Å². The Labute approximate surface area is 162 Å². The molecule has 1 aliphatic rings. The molecule has 138 valence electrons. The molecule has 0 radical (unpaired) electrons. The minimum Gasteiger partial charge on any atom is -0.491 e. The molecule has 5 nitrogen and oxygen atoms in total. The van der Waals surface area contributed by atoms with Crippen molar-refractivity contribution in [3.8, 4) is 11.5 Å². The lowest BCUT2D eigenvalue weighted by Crippen LogP contribution is -2.20. The summed E-state index contributed by atoms with van der Waals surface area (Å²) in [6.07, 6.45) is 2.23. The first-order valence-corrected chi connectivity index (χ1v) is 9.08. The van der Waals surface area contributed by atoms with Gasteiger partial charge in [-0.05, 0) is 43.2 Å². The quantitative estimate of drug-likeness (QED) is 0.745. The molecule has 1 aliphatic heterocycles. The van der Waals surface area contributed by atoms with Crippen molar-refractivity contribution < 1.29 is 19.0 Å². The summed E-state index contributed by atoms with van der Waals surface area (Å²) in [5, 5.41) is 3.63. The van der Waals surface area contributed by atoms with Crippen molar-refractivity contribution in [2.24, 2.45) is 0 Å². The van der Waals surface area contributed by atoms with Crippen LogP contribution in [0.3, 0.4) is 0 Å². The molecule has 0 aromatic heterocycles. The Balaban J connectivity index is 1.49. The Morgan fingerprint density at radius 1 is 1.19 bits per heavy atom. The van der Waals surface area contributed by atoms with Crippen LogP contribution in [0, 0.1) is 0 Å². The van der Waals surface area contributed by atoms with Crippen LogP contribution in [0.15, 0.2) is 42.5 Å². The number of anilines is 1. The lowest BCUT2D eigenvalue weighted by molar-refractivity contribution is -0.118. The number of carbonyl (C=O) groups excluding carboxylic acids is 1. The molecule has 0 saturated carbocycles. The van der Waals surface area contributed by atoms with E-state index in [9.17, 15) is 4.79 Å². The number of carbonyl (C=O) groups is 1. The molecule has 26 heavy (non-hydrogen) atoms. The lowest BCUT2D eigenvalue weighted by atomic mass is 10.2. The van der Waals surface area contributed by atoms with Crippen LogP contribution in [-0.4, -0.2) is 31.8 Å². The summed E-state index contributed by atoms with van der Waals surface area (Å²) in [6, 6.07) is 12.0. The van der Waals surface area contributed by atoms with Crippen LogP contribution in [0.25, 0.3) is 0 Å². The molecule has 0 aliphatic carbocycles. The molecular weight excluding hydrogens is 377 g/mol. The van der Waals surface area contributed by atoms with Crippen LogP contribution in [0.1, 0.15) is 12.8 Å². The molecular formula is C19H19Cl2NO4. The van der Waals surface area contributed by atoms with E-state index in [0.29, 0.717) is 33.8 Å². The fourth-order valence-electron chi connectivity index (χ4n) is 2.56. The minimum absolute atomic E-state index is 0.144. The Morgan fingerprint density at radius 2 is 2.08 bits per heavy atom. The topological polar surface area (TPSA) is 56.8 Å². The van der Waals surface area contributed by atoms with Crippen molar-refractivity contribution in [3.63, 3.8) is 0 Å². The number of rotatable bonds is 7. The van der Waals surface area contributed by atoms with Gasteiger partial charge in [-0.15, -0.1) is 0 Å². The second-order valence-electron chi connectivity index (χ2n) is 5.89. The molecule has 1 atom stereocenters. The van der Waals surface area contributed by atoms with Crippen LogP contribution in [-0.2, 0) is 9.53 Å². The SMILES string of the molecule is O=C(COc1ccc(Cl)cc1Cl)Nc1cccc(OCC2CCCO2)c1. The molecule has 7 heteroatoms. The predicted octanol–water partition coefficient (Wildman–Crippen LogP) is 4.57. The molecule has 0 bridgehead atoms. The summed E-state index contributed by atoms with van der Waals surface area (Å²) in [4.78, 5) is 12.1. The number of hydrogen-bond donors (Lipinski definition) is 1. The van der Waals surface area contributed by atoms with Gasteiger partial charge in [0.25, 0.3) is 5.91 Å². The molecule has 1 heterocycles. The van der Waals surface area contributed by atoms with Crippen molar-refractivity contribution in [1.29, 1.82) is 0 Å². The van der Waals surface area contributed by atoms with E-state index >= 15 is 0 Å². The summed E-state index contributed by atoms with van der Waals surface area (Å²) in [7, 11) is 0. The van der Waals surface area contributed by atoms with Crippen molar-refractivity contribution >= 4 is 34.8 Å². The molecule has 0 spiro atoms. The van der Waals surface area contributed by atoms with Gasteiger partial charge in [0, 0.05) is 23.4 Å². The first-order valence-electron chi connectivity index (χ1n) is 8.32. The smallest absolute Gasteiger partial charge is 0.262 e. The standard InChI is InChI=1S/C19H19Cl2NO4/c20-13-6-7-18(17(21)9-13)26-12-19(23)22-14-3-1-4-15(10-14)25-11-16-5-2-8-24-16/h1,3-4,6-7,9-10,16H,2,5,8,11-12H2,(H,22,23). The molecule has 1 fully saturated rings. The van der Waals surface area contributed by atoms with Gasteiger partial charge < -0.3 is 19.5 Å². The average molecular weight is 396 g/mol. The highest BCUT2D eigenvalue weighted by Crippen LogP contribution is 2.27. The van der Waals surface area contributed by atoms with Gasteiger partial charge in [0.2, 0.25) is 0 Å². The third-order valence-electron chi connectivity index (χ3n) is 3.83. The second-order valence-corrected chi connectivity index (χ2v) is 6.73. The molecule has 2 aromatic carbocycles. The number of benzene rings is 2. The highest BCUT2D eigenvalue weighted by atomic mass is 35.5. The number of ether oxygens (including phenoxy) is 3. The van der Waals surface area contributed by atoms with E-state index in [4.69, 9.17) is 37.4 Å². The van der Waals surface area contributed by atoms with Gasteiger partial charge in [-0.25, -0.2) is 0 Å². The van der Waals surface area contributed by atoms with Gasteiger partial charge in [0.1, 0.15) is 18.1 Å². The van der Waals surface area contributed by atoms with Gasteiger partial charge in [0.05, 0.1) is 11.1 Å². The van der Waals surface area contributed by atoms with Crippen LogP contribution < -0.4 is 14.8 Å². The lowest BCUT2D eigenvalue weighted by Gasteiger charge is -2.13. The normalized spacial score (nSPS) is 16.3. The average Bonchev–Trinajstić information content (AvgIpc) is 3.13. The molecule has 2 aromatic rings. The maximum atomic E-state index is 12.1.